The van der Waals surface area contributed by atoms with Crippen molar-refractivity contribution in [2.45, 2.75) is 18.6 Å². The van der Waals surface area contributed by atoms with E-state index in [2.05, 4.69) is 20.6 Å². The number of nitrogens with zero attached hydrogens (tertiary/aromatic N) is 5. The number of hydrogen-bond acceptors (Lipinski definition) is 6. The average molecular weight is 514 g/mol. The number of carbonyl (C=O) groups is 1. The summed E-state index contributed by atoms with van der Waals surface area (Å²) < 4.78 is 55.6. The maximum absolute atomic E-state index is 13.5. The number of aromatic nitrogens is 4. The number of rotatable bonds is 5. The molecule has 0 amide bonds. The standard InChI is InChI=1S/C25H22F4N6O2/c1-34-21(8-10-30-34)22-15-4-2-3-5-16(15)23(33-32-22)35-11-9-19(17(13-35)24(36)37)31-20-7-6-14(26)12-18(20)25(27,28)29/h2-8,10,12,17,19,31H,9,11,13H2,1H3,(H,36,37). The van der Waals surface area contributed by atoms with Crippen molar-refractivity contribution in [1.29, 1.82) is 0 Å². The Hall–Kier alpha value is -4.22. The topological polar surface area (TPSA) is 96.2 Å². The van der Waals surface area contributed by atoms with E-state index in [4.69, 9.17) is 0 Å². The van der Waals surface area contributed by atoms with Gasteiger partial charge in [0.15, 0.2) is 5.82 Å². The van der Waals surface area contributed by atoms with Gasteiger partial charge in [0.25, 0.3) is 0 Å². The summed E-state index contributed by atoms with van der Waals surface area (Å²) in [6.07, 6.45) is -2.93. The smallest absolute Gasteiger partial charge is 0.418 e. The second-order valence-corrected chi connectivity index (χ2v) is 8.88. The lowest BCUT2D eigenvalue weighted by atomic mass is 9.91. The summed E-state index contributed by atoms with van der Waals surface area (Å²) in [5.74, 6) is -2.76. The maximum Gasteiger partial charge on any atom is 0.418 e. The highest BCUT2D eigenvalue weighted by molar-refractivity contribution is 6.00. The molecule has 2 atom stereocenters. The van der Waals surface area contributed by atoms with Gasteiger partial charge in [0.1, 0.15) is 11.5 Å². The zero-order chi connectivity index (χ0) is 26.3. The summed E-state index contributed by atoms with van der Waals surface area (Å²) >= 11 is 0. The lowest BCUT2D eigenvalue weighted by molar-refractivity contribution is -0.142. The molecule has 1 aliphatic rings. The van der Waals surface area contributed by atoms with Crippen LogP contribution >= 0.6 is 0 Å². The number of benzene rings is 2. The van der Waals surface area contributed by atoms with E-state index < -0.39 is 35.5 Å². The van der Waals surface area contributed by atoms with E-state index in [1.807, 2.05) is 30.3 Å². The van der Waals surface area contributed by atoms with Crippen LogP contribution in [-0.4, -0.2) is 50.2 Å². The van der Waals surface area contributed by atoms with Crippen LogP contribution < -0.4 is 10.2 Å². The van der Waals surface area contributed by atoms with Crippen LogP contribution in [0.3, 0.4) is 0 Å². The molecule has 0 radical (unpaired) electrons. The number of carboxylic acid groups (broad SMARTS) is 1. The number of piperidine rings is 1. The highest BCUT2D eigenvalue weighted by Crippen LogP contribution is 2.38. The molecule has 1 aliphatic heterocycles. The molecule has 0 aliphatic carbocycles. The summed E-state index contributed by atoms with van der Waals surface area (Å²) in [6.45, 7) is 0.326. The molecule has 4 aromatic rings. The van der Waals surface area contributed by atoms with Gasteiger partial charge < -0.3 is 15.3 Å². The Morgan fingerprint density at radius 2 is 1.86 bits per heavy atom. The van der Waals surface area contributed by atoms with E-state index in [0.29, 0.717) is 24.1 Å². The lowest BCUT2D eigenvalue weighted by Crippen LogP contribution is -2.50. The minimum atomic E-state index is -4.80. The van der Waals surface area contributed by atoms with Crippen molar-refractivity contribution in [3.8, 4) is 11.4 Å². The minimum absolute atomic E-state index is 0.000717. The second kappa shape index (κ2) is 9.34. The van der Waals surface area contributed by atoms with Crippen molar-refractivity contribution >= 4 is 28.2 Å². The summed E-state index contributed by atoms with van der Waals surface area (Å²) in [5, 5.41) is 27.3. The van der Waals surface area contributed by atoms with Crippen LogP contribution in [0, 0.1) is 11.7 Å². The van der Waals surface area contributed by atoms with E-state index >= 15 is 0 Å². The molecule has 0 bridgehead atoms. The van der Waals surface area contributed by atoms with Crippen molar-refractivity contribution in [1.82, 2.24) is 20.0 Å². The molecular weight excluding hydrogens is 492 g/mol. The van der Waals surface area contributed by atoms with Gasteiger partial charge in [0.05, 0.1) is 17.2 Å². The first-order valence-corrected chi connectivity index (χ1v) is 11.5. The number of halogens is 4. The molecular formula is C25H22F4N6O2. The Balaban J connectivity index is 1.46. The fourth-order valence-electron chi connectivity index (χ4n) is 4.76. The SMILES string of the molecule is Cn1nccc1-c1nnc(N2CCC(Nc3ccc(F)cc3C(F)(F)F)C(C(=O)O)C2)c2ccccc12. The van der Waals surface area contributed by atoms with Gasteiger partial charge in [-0.25, -0.2) is 4.39 Å². The molecule has 1 saturated heterocycles. The lowest BCUT2D eigenvalue weighted by Gasteiger charge is -2.38. The third kappa shape index (κ3) is 4.66. The van der Waals surface area contributed by atoms with Crippen LogP contribution in [0.1, 0.15) is 12.0 Å². The highest BCUT2D eigenvalue weighted by Gasteiger charge is 2.39. The van der Waals surface area contributed by atoms with E-state index in [1.165, 1.54) is 0 Å². The zero-order valence-corrected chi connectivity index (χ0v) is 19.6. The van der Waals surface area contributed by atoms with Crippen molar-refractivity contribution < 1.29 is 27.5 Å². The number of anilines is 2. The average Bonchev–Trinajstić information content (AvgIpc) is 3.29. The van der Waals surface area contributed by atoms with Crippen molar-refractivity contribution in [2.24, 2.45) is 13.0 Å². The highest BCUT2D eigenvalue weighted by atomic mass is 19.4. The Bertz CT molecular complexity index is 1470. The monoisotopic (exact) mass is 514 g/mol. The number of aliphatic carboxylic acids is 1. The summed E-state index contributed by atoms with van der Waals surface area (Å²) in [4.78, 5) is 14.0. The third-order valence-electron chi connectivity index (χ3n) is 6.59. The molecule has 0 spiro atoms. The van der Waals surface area contributed by atoms with Gasteiger partial charge >= 0.3 is 12.1 Å². The van der Waals surface area contributed by atoms with E-state index in [0.717, 1.165) is 28.6 Å². The molecule has 8 nitrogen and oxygen atoms in total. The van der Waals surface area contributed by atoms with Gasteiger partial charge in [0, 0.05) is 48.8 Å². The summed E-state index contributed by atoms with van der Waals surface area (Å²) in [6, 6.07) is 10.8. The molecule has 2 unspecified atom stereocenters. The first kappa shape index (κ1) is 24.5. The number of carboxylic acids is 1. The number of hydrogen-bond donors (Lipinski definition) is 2. The summed E-state index contributed by atoms with van der Waals surface area (Å²) in [5.41, 5.74) is -0.144. The molecule has 37 heavy (non-hydrogen) atoms. The van der Waals surface area contributed by atoms with Crippen LogP contribution in [0.5, 0.6) is 0 Å². The van der Waals surface area contributed by atoms with Crippen molar-refractivity contribution in [3.05, 3.63) is 66.1 Å². The number of nitrogens with one attached hydrogen (secondary N) is 1. The van der Waals surface area contributed by atoms with E-state index in [1.54, 1.807) is 22.8 Å². The Morgan fingerprint density at radius 3 is 2.54 bits per heavy atom. The molecule has 0 saturated carbocycles. The molecule has 3 heterocycles. The van der Waals surface area contributed by atoms with Gasteiger partial charge in [-0.05, 0) is 30.7 Å². The first-order valence-electron chi connectivity index (χ1n) is 11.5. The van der Waals surface area contributed by atoms with Crippen LogP contribution in [0.25, 0.3) is 22.2 Å². The minimum Gasteiger partial charge on any atom is -0.481 e. The van der Waals surface area contributed by atoms with E-state index in [9.17, 15) is 27.5 Å². The number of alkyl halides is 3. The third-order valence-corrected chi connectivity index (χ3v) is 6.59. The van der Waals surface area contributed by atoms with Gasteiger partial charge in [-0.1, -0.05) is 24.3 Å². The van der Waals surface area contributed by atoms with E-state index in [-0.39, 0.29) is 18.7 Å². The molecule has 2 N–H and O–H groups in total. The molecule has 2 aromatic heterocycles. The predicted octanol–water partition coefficient (Wildman–Crippen LogP) is 4.58. The second-order valence-electron chi connectivity index (χ2n) is 8.88. The number of fused-ring (bicyclic) bond motifs is 1. The van der Waals surface area contributed by atoms with Gasteiger partial charge in [0.2, 0.25) is 0 Å². The molecule has 2 aromatic carbocycles. The van der Waals surface area contributed by atoms with Crippen LogP contribution in [-0.2, 0) is 18.0 Å². The normalized spacial score (nSPS) is 18.2. The quantitative estimate of drug-likeness (QED) is 0.377. The molecule has 192 valence electrons. The maximum atomic E-state index is 13.5. The zero-order valence-electron chi connectivity index (χ0n) is 19.6. The Morgan fingerprint density at radius 1 is 1.11 bits per heavy atom. The Labute approximate surface area is 208 Å². The van der Waals surface area contributed by atoms with Crippen molar-refractivity contribution in [3.63, 3.8) is 0 Å². The molecule has 1 fully saturated rings. The van der Waals surface area contributed by atoms with Crippen LogP contribution in [0.15, 0.2) is 54.7 Å². The Kier molecular flexibility index (Phi) is 6.18. The van der Waals surface area contributed by atoms with Gasteiger partial charge in [-0.2, -0.15) is 18.3 Å². The van der Waals surface area contributed by atoms with Gasteiger partial charge in [-0.15, -0.1) is 10.2 Å². The molecule has 12 heteroatoms. The fourth-order valence-corrected chi connectivity index (χ4v) is 4.76. The molecule has 5 rings (SSSR count). The number of aryl methyl sites for hydroxylation is 1. The largest absolute Gasteiger partial charge is 0.481 e. The van der Waals surface area contributed by atoms with Crippen molar-refractivity contribution in [2.75, 3.05) is 23.3 Å². The first-order chi connectivity index (χ1) is 17.6. The summed E-state index contributed by atoms with van der Waals surface area (Å²) in [7, 11) is 1.79. The fraction of sp³-hybridized carbons (Fsp3) is 0.280. The van der Waals surface area contributed by atoms with Crippen LogP contribution in [0.4, 0.5) is 29.1 Å². The van der Waals surface area contributed by atoms with Gasteiger partial charge in [-0.3, -0.25) is 9.48 Å². The predicted molar refractivity (Wildman–Crippen MR) is 129 cm³/mol. The van der Waals surface area contributed by atoms with Crippen LogP contribution in [0.2, 0.25) is 0 Å².